The summed E-state index contributed by atoms with van der Waals surface area (Å²) in [5.74, 6) is -0.227. The standard InChI is InChI=1S/C13H15FN2O/c1-9(7-15)8-16-12-4-3-11(14)6-10(12)2-5-13(16)17/h3-4,6H,1-2,5,7-8,15H2. The smallest absolute Gasteiger partial charge is 0.227 e. The van der Waals surface area contributed by atoms with Gasteiger partial charge in [0.05, 0.1) is 0 Å². The lowest BCUT2D eigenvalue weighted by Crippen LogP contribution is -2.37. The summed E-state index contributed by atoms with van der Waals surface area (Å²) in [4.78, 5) is 13.5. The molecule has 0 spiro atoms. The molecule has 0 atom stereocenters. The number of hydrogen-bond acceptors (Lipinski definition) is 2. The summed E-state index contributed by atoms with van der Waals surface area (Å²) >= 11 is 0. The van der Waals surface area contributed by atoms with E-state index in [1.807, 2.05) is 0 Å². The van der Waals surface area contributed by atoms with E-state index in [1.165, 1.54) is 12.1 Å². The first kappa shape index (κ1) is 11.8. The van der Waals surface area contributed by atoms with Crippen LogP contribution in [-0.4, -0.2) is 19.0 Å². The number of halogens is 1. The Morgan fingerprint density at radius 2 is 2.24 bits per heavy atom. The van der Waals surface area contributed by atoms with Gasteiger partial charge in [0, 0.05) is 25.2 Å². The molecule has 1 amide bonds. The van der Waals surface area contributed by atoms with Crippen LogP contribution in [0, 0.1) is 5.82 Å². The van der Waals surface area contributed by atoms with Crippen molar-refractivity contribution in [3.05, 3.63) is 41.7 Å². The molecular weight excluding hydrogens is 219 g/mol. The third-order valence-electron chi connectivity index (χ3n) is 2.91. The molecule has 17 heavy (non-hydrogen) atoms. The Hall–Kier alpha value is -1.68. The molecule has 0 saturated carbocycles. The van der Waals surface area contributed by atoms with Crippen LogP contribution in [0.4, 0.5) is 10.1 Å². The van der Waals surface area contributed by atoms with Crippen LogP contribution in [0.2, 0.25) is 0 Å². The van der Waals surface area contributed by atoms with Crippen molar-refractivity contribution < 1.29 is 9.18 Å². The van der Waals surface area contributed by atoms with Crippen LogP contribution in [-0.2, 0) is 11.2 Å². The van der Waals surface area contributed by atoms with Crippen molar-refractivity contribution in [1.82, 2.24) is 0 Å². The van der Waals surface area contributed by atoms with Gasteiger partial charge in [-0.2, -0.15) is 0 Å². The van der Waals surface area contributed by atoms with E-state index in [4.69, 9.17) is 5.73 Å². The molecule has 90 valence electrons. The minimum atomic E-state index is -0.268. The zero-order valence-electron chi connectivity index (χ0n) is 9.58. The number of rotatable bonds is 3. The topological polar surface area (TPSA) is 46.3 Å². The number of nitrogens with zero attached hydrogens (tertiary/aromatic N) is 1. The SMILES string of the molecule is C=C(CN)CN1C(=O)CCc2cc(F)ccc21. The fourth-order valence-electron chi connectivity index (χ4n) is 1.99. The van der Waals surface area contributed by atoms with Crippen molar-refractivity contribution in [2.45, 2.75) is 12.8 Å². The first-order valence-corrected chi connectivity index (χ1v) is 5.57. The number of nitrogens with two attached hydrogens (primary N) is 1. The van der Waals surface area contributed by atoms with E-state index in [2.05, 4.69) is 6.58 Å². The molecule has 3 nitrogen and oxygen atoms in total. The maximum absolute atomic E-state index is 13.1. The van der Waals surface area contributed by atoms with Crippen molar-refractivity contribution in [2.24, 2.45) is 5.73 Å². The van der Waals surface area contributed by atoms with E-state index in [-0.39, 0.29) is 11.7 Å². The van der Waals surface area contributed by atoms with Crippen LogP contribution in [0.1, 0.15) is 12.0 Å². The average Bonchev–Trinajstić information content (AvgIpc) is 2.32. The van der Waals surface area contributed by atoms with Gasteiger partial charge in [-0.25, -0.2) is 4.39 Å². The summed E-state index contributed by atoms with van der Waals surface area (Å²) in [5.41, 5.74) is 7.91. The van der Waals surface area contributed by atoms with Crippen LogP contribution < -0.4 is 10.6 Å². The molecule has 0 saturated heterocycles. The highest BCUT2D eigenvalue weighted by molar-refractivity contribution is 5.96. The Morgan fingerprint density at radius 3 is 2.94 bits per heavy atom. The molecule has 1 aromatic carbocycles. The van der Waals surface area contributed by atoms with Gasteiger partial charge in [0.15, 0.2) is 0 Å². The highest BCUT2D eigenvalue weighted by Gasteiger charge is 2.24. The second kappa shape index (κ2) is 4.67. The second-order valence-electron chi connectivity index (χ2n) is 4.21. The zero-order chi connectivity index (χ0) is 12.4. The van der Waals surface area contributed by atoms with Gasteiger partial charge in [0.1, 0.15) is 5.82 Å². The summed E-state index contributed by atoms with van der Waals surface area (Å²) in [7, 11) is 0. The molecular formula is C13H15FN2O. The van der Waals surface area contributed by atoms with Crippen molar-refractivity contribution >= 4 is 11.6 Å². The van der Waals surface area contributed by atoms with Crippen LogP contribution in [0.25, 0.3) is 0 Å². The summed E-state index contributed by atoms with van der Waals surface area (Å²) in [6, 6.07) is 4.50. The number of carbonyl (C=O) groups excluding carboxylic acids is 1. The van der Waals surface area contributed by atoms with E-state index in [1.54, 1.807) is 11.0 Å². The number of hydrogen-bond donors (Lipinski definition) is 1. The number of aryl methyl sites for hydroxylation is 1. The van der Waals surface area contributed by atoms with Crippen molar-refractivity contribution in [1.29, 1.82) is 0 Å². The monoisotopic (exact) mass is 234 g/mol. The number of carbonyl (C=O) groups is 1. The van der Waals surface area contributed by atoms with Crippen LogP contribution in [0.3, 0.4) is 0 Å². The van der Waals surface area contributed by atoms with Crippen molar-refractivity contribution in [2.75, 3.05) is 18.0 Å². The largest absolute Gasteiger partial charge is 0.327 e. The molecule has 0 fully saturated rings. The number of amides is 1. The quantitative estimate of drug-likeness (QED) is 0.808. The van der Waals surface area contributed by atoms with Crippen LogP contribution in [0.15, 0.2) is 30.4 Å². The Morgan fingerprint density at radius 1 is 1.47 bits per heavy atom. The zero-order valence-corrected chi connectivity index (χ0v) is 9.58. The maximum Gasteiger partial charge on any atom is 0.227 e. The first-order chi connectivity index (χ1) is 8.11. The molecule has 0 unspecified atom stereocenters. The average molecular weight is 234 g/mol. The molecule has 0 aromatic heterocycles. The van der Waals surface area contributed by atoms with E-state index in [0.29, 0.717) is 25.9 Å². The lowest BCUT2D eigenvalue weighted by molar-refractivity contribution is -0.118. The molecule has 2 N–H and O–H groups in total. The lowest BCUT2D eigenvalue weighted by Gasteiger charge is -2.29. The van der Waals surface area contributed by atoms with Gasteiger partial charge in [-0.3, -0.25) is 4.79 Å². The van der Waals surface area contributed by atoms with Crippen LogP contribution in [0.5, 0.6) is 0 Å². The molecule has 0 bridgehead atoms. The lowest BCUT2D eigenvalue weighted by atomic mass is 10.0. The Balaban J connectivity index is 2.33. The summed E-state index contributed by atoms with van der Waals surface area (Å²) in [6.07, 6.45) is 1.01. The van der Waals surface area contributed by atoms with E-state index in [9.17, 15) is 9.18 Å². The molecule has 0 aliphatic carbocycles. The van der Waals surface area contributed by atoms with Crippen molar-refractivity contribution in [3.63, 3.8) is 0 Å². The summed E-state index contributed by atoms with van der Waals surface area (Å²) in [6.45, 7) is 4.56. The highest BCUT2D eigenvalue weighted by atomic mass is 19.1. The van der Waals surface area contributed by atoms with Gasteiger partial charge in [-0.05, 0) is 35.8 Å². The van der Waals surface area contributed by atoms with Gasteiger partial charge in [0.25, 0.3) is 0 Å². The highest BCUT2D eigenvalue weighted by Crippen LogP contribution is 2.28. The van der Waals surface area contributed by atoms with Gasteiger partial charge in [-0.1, -0.05) is 6.58 Å². The number of anilines is 1. The van der Waals surface area contributed by atoms with E-state index in [0.717, 1.165) is 16.8 Å². The maximum atomic E-state index is 13.1. The Kier molecular flexibility index (Phi) is 3.24. The fraction of sp³-hybridized carbons (Fsp3) is 0.308. The predicted molar refractivity (Wildman–Crippen MR) is 65.3 cm³/mol. The normalized spacial score (nSPS) is 14.7. The van der Waals surface area contributed by atoms with E-state index >= 15 is 0 Å². The first-order valence-electron chi connectivity index (χ1n) is 5.57. The summed E-state index contributed by atoms with van der Waals surface area (Å²) in [5, 5.41) is 0. The minimum absolute atomic E-state index is 0.0405. The molecule has 1 aromatic rings. The number of benzene rings is 1. The van der Waals surface area contributed by atoms with Gasteiger partial charge in [-0.15, -0.1) is 0 Å². The van der Waals surface area contributed by atoms with Gasteiger partial charge < -0.3 is 10.6 Å². The molecule has 4 heteroatoms. The van der Waals surface area contributed by atoms with Crippen LogP contribution >= 0.6 is 0 Å². The molecule has 0 radical (unpaired) electrons. The number of fused-ring (bicyclic) bond motifs is 1. The fourth-order valence-corrected chi connectivity index (χ4v) is 1.99. The molecule has 1 aliphatic rings. The third kappa shape index (κ3) is 2.36. The minimum Gasteiger partial charge on any atom is -0.327 e. The van der Waals surface area contributed by atoms with Gasteiger partial charge >= 0.3 is 0 Å². The molecule has 1 heterocycles. The second-order valence-corrected chi connectivity index (χ2v) is 4.21. The molecule has 1 aliphatic heterocycles. The Labute approximate surface area is 99.7 Å². The summed E-state index contributed by atoms with van der Waals surface area (Å²) < 4.78 is 13.1. The van der Waals surface area contributed by atoms with E-state index < -0.39 is 0 Å². The van der Waals surface area contributed by atoms with Gasteiger partial charge in [0.2, 0.25) is 5.91 Å². The predicted octanol–water partition coefficient (Wildman–Crippen LogP) is 1.62. The molecule has 2 rings (SSSR count). The third-order valence-corrected chi connectivity index (χ3v) is 2.91. The van der Waals surface area contributed by atoms with Crippen molar-refractivity contribution in [3.8, 4) is 0 Å². The Bertz CT molecular complexity index is 470.